The number of hydrogen-bond acceptors (Lipinski definition) is 5. The molecule has 1 aromatic rings. The summed E-state index contributed by atoms with van der Waals surface area (Å²) >= 11 is 0. The zero-order chi connectivity index (χ0) is 12.8. The van der Waals surface area contributed by atoms with Crippen molar-refractivity contribution in [3.8, 4) is 11.5 Å². The van der Waals surface area contributed by atoms with Crippen molar-refractivity contribution >= 4 is 5.97 Å². The van der Waals surface area contributed by atoms with E-state index in [0.29, 0.717) is 5.75 Å². The minimum absolute atomic E-state index is 0.0484. The SMILES string of the molecule is CO/C=C(\Oc1cc(O)ccc1C)C(=O)OC. The molecule has 0 heterocycles. The lowest BCUT2D eigenvalue weighted by Gasteiger charge is -2.10. The van der Waals surface area contributed by atoms with Crippen LogP contribution in [0.25, 0.3) is 0 Å². The van der Waals surface area contributed by atoms with Gasteiger partial charge in [0.25, 0.3) is 0 Å². The molecule has 1 rings (SSSR count). The molecule has 0 spiro atoms. The molecule has 17 heavy (non-hydrogen) atoms. The van der Waals surface area contributed by atoms with Crippen molar-refractivity contribution in [2.45, 2.75) is 6.92 Å². The van der Waals surface area contributed by atoms with Crippen molar-refractivity contribution in [3.63, 3.8) is 0 Å². The average molecular weight is 238 g/mol. The molecule has 5 nitrogen and oxygen atoms in total. The molecule has 1 aromatic carbocycles. The fourth-order valence-electron chi connectivity index (χ4n) is 1.14. The first-order valence-electron chi connectivity index (χ1n) is 4.87. The summed E-state index contributed by atoms with van der Waals surface area (Å²) < 4.78 is 14.6. The number of aromatic hydroxyl groups is 1. The lowest BCUT2D eigenvalue weighted by atomic mass is 10.2. The van der Waals surface area contributed by atoms with Gasteiger partial charge in [0.2, 0.25) is 5.76 Å². The Labute approximate surface area is 99.2 Å². The number of aryl methyl sites for hydroxylation is 1. The fraction of sp³-hybridized carbons (Fsp3) is 0.250. The van der Waals surface area contributed by atoms with Gasteiger partial charge in [-0.15, -0.1) is 0 Å². The van der Waals surface area contributed by atoms with E-state index in [1.165, 1.54) is 26.4 Å². The van der Waals surface area contributed by atoms with E-state index in [9.17, 15) is 9.90 Å². The Morgan fingerprint density at radius 3 is 2.65 bits per heavy atom. The van der Waals surface area contributed by atoms with Gasteiger partial charge < -0.3 is 19.3 Å². The lowest BCUT2D eigenvalue weighted by molar-refractivity contribution is -0.138. The first-order chi connectivity index (χ1) is 8.08. The van der Waals surface area contributed by atoms with Crippen LogP contribution in [0.1, 0.15) is 5.56 Å². The Hall–Kier alpha value is -2.17. The van der Waals surface area contributed by atoms with Crippen LogP contribution in [-0.4, -0.2) is 25.3 Å². The van der Waals surface area contributed by atoms with Gasteiger partial charge >= 0.3 is 5.97 Å². The number of phenols is 1. The molecule has 0 amide bonds. The summed E-state index contributed by atoms with van der Waals surface area (Å²) in [5.41, 5.74) is 0.772. The molecule has 5 heteroatoms. The van der Waals surface area contributed by atoms with Crippen molar-refractivity contribution in [3.05, 3.63) is 35.8 Å². The van der Waals surface area contributed by atoms with E-state index < -0.39 is 5.97 Å². The lowest BCUT2D eigenvalue weighted by Crippen LogP contribution is -2.11. The van der Waals surface area contributed by atoms with E-state index in [4.69, 9.17) is 9.47 Å². The van der Waals surface area contributed by atoms with Crippen molar-refractivity contribution in [2.75, 3.05) is 14.2 Å². The van der Waals surface area contributed by atoms with Crippen LogP contribution in [0.3, 0.4) is 0 Å². The molecule has 0 aliphatic rings. The minimum atomic E-state index is -0.658. The first-order valence-corrected chi connectivity index (χ1v) is 4.87. The first kappa shape index (κ1) is 12.9. The average Bonchev–Trinajstić information content (AvgIpc) is 2.32. The predicted molar refractivity (Wildman–Crippen MR) is 60.6 cm³/mol. The van der Waals surface area contributed by atoms with Crippen LogP contribution in [0.2, 0.25) is 0 Å². The maximum atomic E-state index is 11.3. The van der Waals surface area contributed by atoms with Gasteiger partial charge in [-0.25, -0.2) is 4.79 Å². The van der Waals surface area contributed by atoms with E-state index in [-0.39, 0.29) is 11.5 Å². The smallest absolute Gasteiger partial charge is 0.377 e. The van der Waals surface area contributed by atoms with Crippen LogP contribution in [0, 0.1) is 6.92 Å². The summed E-state index contributed by atoms with van der Waals surface area (Å²) in [7, 11) is 2.63. The van der Waals surface area contributed by atoms with Crippen LogP contribution in [0.4, 0.5) is 0 Å². The third-order valence-corrected chi connectivity index (χ3v) is 2.00. The van der Waals surface area contributed by atoms with E-state index in [2.05, 4.69) is 4.74 Å². The number of carbonyl (C=O) groups excluding carboxylic acids is 1. The van der Waals surface area contributed by atoms with Gasteiger partial charge in [0.15, 0.2) is 0 Å². The van der Waals surface area contributed by atoms with Crippen LogP contribution in [-0.2, 0) is 14.3 Å². The molecule has 0 radical (unpaired) electrons. The van der Waals surface area contributed by atoms with Gasteiger partial charge in [0.05, 0.1) is 14.2 Å². The Morgan fingerprint density at radius 2 is 2.06 bits per heavy atom. The topological polar surface area (TPSA) is 65.0 Å². The zero-order valence-electron chi connectivity index (χ0n) is 9.89. The summed E-state index contributed by atoms with van der Waals surface area (Å²) in [5, 5.41) is 9.33. The molecule has 1 N–H and O–H groups in total. The van der Waals surface area contributed by atoms with Gasteiger partial charge in [-0.3, -0.25) is 0 Å². The van der Waals surface area contributed by atoms with Gasteiger partial charge in [0.1, 0.15) is 17.8 Å². The van der Waals surface area contributed by atoms with E-state index in [0.717, 1.165) is 11.8 Å². The van der Waals surface area contributed by atoms with Crippen LogP contribution in [0.5, 0.6) is 11.5 Å². The molecule has 0 saturated carbocycles. The zero-order valence-corrected chi connectivity index (χ0v) is 9.89. The highest BCUT2D eigenvalue weighted by Gasteiger charge is 2.14. The Balaban J connectivity index is 2.97. The summed E-state index contributed by atoms with van der Waals surface area (Å²) in [6, 6.07) is 4.61. The summed E-state index contributed by atoms with van der Waals surface area (Å²) in [4.78, 5) is 11.3. The third kappa shape index (κ3) is 3.41. The Kier molecular flexibility index (Phi) is 4.39. The van der Waals surface area contributed by atoms with E-state index in [1.54, 1.807) is 13.0 Å². The number of hydrogen-bond donors (Lipinski definition) is 1. The second-order valence-corrected chi connectivity index (χ2v) is 3.26. The maximum Gasteiger partial charge on any atom is 0.377 e. The molecule has 0 atom stereocenters. The van der Waals surface area contributed by atoms with Crippen molar-refractivity contribution in [1.29, 1.82) is 0 Å². The number of phenolic OH excluding ortho intramolecular Hbond substituents is 1. The summed E-state index contributed by atoms with van der Waals surface area (Å²) in [5.74, 6) is -0.343. The number of methoxy groups -OCH3 is 2. The predicted octanol–water partition coefficient (Wildman–Crippen LogP) is 1.74. The molecule has 0 aliphatic carbocycles. The molecule has 0 bridgehead atoms. The largest absolute Gasteiger partial charge is 0.508 e. The fourth-order valence-corrected chi connectivity index (χ4v) is 1.14. The maximum absolute atomic E-state index is 11.3. The second-order valence-electron chi connectivity index (χ2n) is 3.26. The number of ether oxygens (including phenoxy) is 3. The molecule has 0 fully saturated rings. The highest BCUT2D eigenvalue weighted by Crippen LogP contribution is 2.25. The Bertz CT molecular complexity index is 437. The molecule has 0 saturated heterocycles. The quantitative estimate of drug-likeness (QED) is 0.491. The highest BCUT2D eigenvalue weighted by molar-refractivity contribution is 5.86. The Morgan fingerprint density at radius 1 is 1.35 bits per heavy atom. The summed E-state index contributed by atoms with van der Waals surface area (Å²) in [6.45, 7) is 1.79. The van der Waals surface area contributed by atoms with Gasteiger partial charge in [-0.1, -0.05) is 6.07 Å². The van der Waals surface area contributed by atoms with Crippen molar-refractivity contribution < 1.29 is 24.1 Å². The third-order valence-electron chi connectivity index (χ3n) is 2.00. The van der Waals surface area contributed by atoms with Crippen molar-refractivity contribution in [2.24, 2.45) is 0 Å². The number of carbonyl (C=O) groups is 1. The van der Waals surface area contributed by atoms with Gasteiger partial charge in [0, 0.05) is 6.07 Å². The number of rotatable bonds is 4. The standard InChI is InChI=1S/C12H14O5/c1-8-4-5-9(13)6-10(8)17-11(7-15-2)12(14)16-3/h4-7,13H,1-3H3/b11-7-. The molecular weight excluding hydrogens is 224 g/mol. The summed E-state index contributed by atoms with van der Waals surface area (Å²) in [6.07, 6.45) is 1.13. The van der Waals surface area contributed by atoms with Gasteiger partial charge in [-0.05, 0) is 18.6 Å². The number of benzene rings is 1. The van der Waals surface area contributed by atoms with Crippen LogP contribution < -0.4 is 4.74 Å². The highest BCUT2D eigenvalue weighted by atomic mass is 16.6. The molecule has 0 aliphatic heterocycles. The number of esters is 1. The van der Waals surface area contributed by atoms with Crippen LogP contribution >= 0.6 is 0 Å². The molecule has 92 valence electrons. The van der Waals surface area contributed by atoms with Gasteiger partial charge in [-0.2, -0.15) is 0 Å². The molecule has 0 aromatic heterocycles. The normalized spacial score (nSPS) is 10.9. The molecular formula is C12H14O5. The van der Waals surface area contributed by atoms with Crippen LogP contribution in [0.15, 0.2) is 30.2 Å². The monoisotopic (exact) mass is 238 g/mol. The minimum Gasteiger partial charge on any atom is -0.508 e. The van der Waals surface area contributed by atoms with Crippen molar-refractivity contribution in [1.82, 2.24) is 0 Å². The second kappa shape index (κ2) is 5.79. The van der Waals surface area contributed by atoms with E-state index >= 15 is 0 Å². The van der Waals surface area contributed by atoms with E-state index in [1.807, 2.05) is 0 Å². The molecule has 0 unspecified atom stereocenters.